The summed E-state index contributed by atoms with van der Waals surface area (Å²) in [5, 5.41) is 6.96. The molecule has 0 aliphatic heterocycles. The maximum atomic E-state index is 11.8. The lowest BCUT2D eigenvalue weighted by Crippen LogP contribution is -2.25. The van der Waals surface area contributed by atoms with Crippen LogP contribution in [-0.4, -0.2) is 18.7 Å². The zero-order valence-corrected chi connectivity index (χ0v) is 15.8. The van der Waals surface area contributed by atoms with Crippen LogP contribution < -0.4 is 10.7 Å². The average molecular weight is 412 g/mol. The van der Waals surface area contributed by atoms with Crippen LogP contribution in [-0.2, 0) is 4.79 Å². The molecule has 0 radical (unpaired) electrons. The van der Waals surface area contributed by atoms with Crippen molar-refractivity contribution in [3.8, 4) is 11.3 Å². The fraction of sp³-hybridized carbons (Fsp3) is 0.100. The van der Waals surface area contributed by atoms with Crippen molar-refractivity contribution in [1.82, 2.24) is 5.43 Å². The number of nitrogens with zero attached hydrogens (tertiary/aromatic N) is 1. The smallest absolute Gasteiger partial charge is 0.259 e. The van der Waals surface area contributed by atoms with Gasteiger partial charge in [-0.2, -0.15) is 5.10 Å². The molecular formula is C20H18BrN3O2. The first-order valence-corrected chi connectivity index (χ1v) is 8.88. The van der Waals surface area contributed by atoms with E-state index >= 15 is 0 Å². The Labute approximate surface area is 160 Å². The molecule has 6 heteroatoms. The summed E-state index contributed by atoms with van der Waals surface area (Å²) in [6.07, 6.45) is 1.48. The molecule has 1 amide bonds. The van der Waals surface area contributed by atoms with Crippen LogP contribution >= 0.6 is 15.9 Å². The number of amides is 1. The van der Waals surface area contributed by atoms with E-state index in [4.69, 9.17) is 4.42 Å². The first-order chi connectivity index (χ1) is 12.6. The lowest BCUT2D eigenvalue weighted by molar-refractivity contribution is -0.119. The largest absolute Gasteiger partial charge is 0.455 e. The second-order valence-corrected chi connectivity index (χ2v) is 6.64. The van der Waals surface area contributed by atoms with Gasteiger partial charge in [0.25, 0.3) is 5.91 Å². The molecule has 0 unspecified atom stereocenters. The highest BCUT2D eigenvalue weighted by Gasteiger charge is 2.04. The number of hydrogen-bond acceptors (Lipinski definition) is 4. The minimum absolute atomic E-state index is 0.142. The molecule has 5 nitrogen and oxygen atoms in total. The van der Waals surface area contributed by atoms with Gasteiger partial charge in [-0.25, -0.2) is 5.43 Å². The Bertz CT molecular complexity index is 900. The Kier molecular flexibility index (Phi) is 5.86. The fourth-order valence-corrected chi connectivity index (χ4v) is 2.52. The van der Waals surface area contributed by atoms with Crippen LogP contribution in [0.2, 0.25) is 0 Å². The molecule has 3 rings (SSSR count). The van der Waals surface area contributed by atoms with Crippen molar-refractivity contribution in [1.29, 1.82) is 0 Å². The van der Waals surface area contributed by atoms with E-state index < -0.39 is 0 Å². The number of halogens is 1. The van der Waals surface area contributed by atoms with Gasteiger partial charge >= 0.3 is 0 Å². The molecule has 3 aromatic rings. The van der Waals surface area contributed by atoms with Crippen molar-refractivity contribution in [3.63, 3.8) is 0 Å². The third-order valence-electron chi connectivity index (χ3n) is 3.64. The van der Waals surface area contributed by atoms with Crippen molar-refractivity contribution in [2.75, 3.05) is 11.9 Å². The molecule has 0 aliphatic carbocycles. The van der Waals surface area contributed by atoms with E-state index in [1.54, 1.807) is 6.07 Å². The van der Waals surface area contributed by atoms with Crippen LogP contribution in [0.1, 0.15) is 11.3 Å². The molecule has 0 spiro atoms. The van der Waals surface area contributed by atoms with Crippen LogP contribution in [0.3, 0.4) is 0 Å². The maximum absolute atomic E-state index is 11.8. The van der Waals surface area contributed by atoms with Gasteiger partial charge in [0.1, 0.15) is 11.5 Å². The summed E-state index contributed by atoms with van der Waals surface area (Å²) < 4.78 is 6.71. The Hall–Kier alpha value is -2.86. The maximum Gasteiger partial charge on any atom is 0.259 e. The van der Waals surface area contributed by atoms with Crippen LogP contribution in [0.5, 0.6) is 0 Å². The average Bonchev–Trinajstić information content (AvgIpc) is 3.11. The van der Waals surface area contributed by atoms with E-state index in [0.29, 0.717) is 5.76 Å². The molecule has 1 aromatic heterocycles. The lowest BCUT2D eigenvalue weighted by atomic mass is 10.2. The molecule has 0 bridgehead atoms. The van der Waals surface area contributed by atoms with E-state index in [0.717, 1.165) is 21.5 Å². The summed E-state index contributed by atoms with van der Waals surface area (Å²) >= 11 is 3.40. The van der Waals surface area contributed by atoms with E-state index in [9.17, 15) is 4.79 Å². The highest BCUT2D eigenvalue weighted by atomic mass is 79.9. The van der Waals surface area contributed by atoms with Crippen LogP contribution in [0.4, 0.5) is 5.69 Å². The standard InChI is InChI=1S/C20H18BrN3O2/c1-14-2-8-17(9-3-14)22-13-20(25)24-23-12-18-10-11-19(26-18)15-4-6-16(21)7-5-15/h2-12,22H,13H2,1H3,(H,24,25)/b23-12-. The summed E-state index contributed by atoms with van der Waals surface area (Å²) in [4.78, 5) is 11.8. The number of hydrogen-bond donors (Lipinski definition) is 2. The van der Waals surface area contributed by atoms with Gasteiger partial charge in [0.05, 0.1) is 12.8 Å². The fourth-order valence-electron chi connectivity index (χ4n) is 2.25. The van der Waals surface area contributed by atoms with Gasteiger partial charge in [-0.3, -0.25) is 4.79 Å². The van der Waals surface area contributed by atoms with Gasteiger partial charge < -0.3 is 9.73 Å². The van der Waals surface area contributed by atoms with E-state index in [-0.39, 0.29) is 12.5 Å². The highest BCUT2D eigenvalue weighted by Crippen LogP contribution is 2.23. The zero-order valence-electron chi connectivity index (χ0n) is 14.2. The predicted octanol–water partition coefficient (Wildman–Crippen LogP) is 4.58. The van der Waals surface area contributed by atoms with Gasteiger partial charge in [-0.1, -0.05) is 45.8 Å². The van der Waals surface area contributed by atoms with Crippen molar-refractivity contribution in [2.24, 2.45) is 5.10 Å². The highest BCUT2D eigenvalue weighted by molar-refractivity contribution is 9.10. The monoisotopic (exact) mass is 411 g/mol. The number of benzene rings is 2. The molecule has 0 saturated heterocycles. The molecule has 2 N–H and O–H groups in total. The SMILES string of the molecule is Cc1ccc(NCC(=O)N/N=C\c2ccc(-c3ccc(Br)cc3)o2)cc1. The first-order valence-electron chi connectivity index (χ1n) is 8.08. The molecule has 26 heavy (non-hydrogen) atoms. The molecule has 1 heterocycles. The van der Waals surface area contributed by atoms with Crippen LogP contribution in [0, 0.1) is 6.92 Å². The molecular weight excluding hydrogens is 394 g/mol. The lowest BCUT2D eigenvalue weighted by Gasteiger charge is -2.05. The second kappa shape index (κ2) is 8.49. The van der Waals surface area contributed by atoms with Crippen molar-refractivity contribution >= 4 is 33.7 Å². The number of furan rings is 1. The van der Waals surface area contributed by atoms with Crippen molar-refractivity contribution in [2.45, 2.75) is 6.92 Å². The quantitative estimate of drug-likeness (QED) is 0.460. The number of carbonyl (C=O) groups excluding carboxylic acids is 1. The number of hydrazone groups is 1. The van der Waals surface area contributed by atoms with Gasteiger partial charge in [-0.05, 0) is 43.3 Å². The molecule has 0 aliphatic rings. The van der Waals surface area contributed by atoms with Gasteiger partial charge in [0.15, 0.2) is 0 Å². The summed E-state index contributed by atoms with van der Waals surface area (Å²) in [7, 11) is 0. The van der Waals surface area contributed by atoms with Crippen molar-refractivity contribution < 1.29 is 9.21 Å². The minimum atomic E-state index is -0.235. The summed E-state index contributed by atoms with van der Waals surface area (Å²) in [6, 6.07) is 19.3. The molecule has 132 valence electrons. The van der Waals surface area contributed by atoms with Crippen molar-refractivity contribution in [3.05, 3.63) is 76.5 Å². The summed E-state index contributed by atoms with van der Waals surface area (Å²) in [6.45, 7) is 2.16. The third-order valence-corrected chi connectivity index (χ3v) is 4.17. The van der Waals surface area contributed by atoms with Gasteiger partial charge in [0, 0.05) is 15.7 Å². The first kappa shape index (κ1) is 17.9. The topological polar surface area (TPSA) is 66.6 Å². The number of anilines is 1. The summed E-state index contributed by atoms with van der Waals surface area (Å²) in [5.41, 5.74) is 5.50. The Morgan fingerprint density at radius 3 is 2.54 bits per heavy atom. The third kappa shape index (κ3) is 5.07. The molecule has 0 saturated carbocycles. The normalized spacial score (nSPS) is 10.8. The van der Waals surface area contributed by atoms with Gasteiger partial charge in [-0.15, -0.1) is 0 Å². The van der Waals surface area contributed by atoms with Gasteiger partial charge in [0.2, 0.25) is 0 Å². The number of nitrogens with one attached hydrogen (secondary N) is 2. The Morgan fingerprint density at radius 2 is 1.81 bits per heavy atom. The number of rotatable bonds is 6. The second-order valence-electron chi connectivity index (χ2n) is 5.72. The zero-order chi connectivity index (χ0) is 18.4. The number of aryl methyl sites for hydroxylation is 1. The molecule has 0 fully saturated rings. The Morgan fingerprint density at radius 1 is 1.08 bits per heavy atom. The predicted molar refractivity (Wildman–Crippen MR) is 107 cm³/mol. The van der Waals surface area contributed by atoms with E-state index in [2.05, 4.69) is 31.8 Å². The van der Waals surface area contributed by atoms with Crippen LogP contribution in [0.15, 0.2) is 74.7 Å². The number of carbonyl (C=O) groups is 1. The van der Waals surface area contributed by atoms with Crippen LogP contribution in [0.25, 0.3) is 11.3 Å². The molecule has 0 atom stereocenters. The van der Waals surface area contributed by atoms with E-state index in [1.807, 2.05) is 61.5 Å². The minimum Gasteiger partial charge on any atom is -0.455 e. The molecule has 2 aromatic carbocycles. The summed E-state index contributed by atoms with van der Waals surface area (Å²) in [5.74, 6) is 1.07. The van der Waals surface area contributed by atoms with E-state index in [1.165, 1.54) is 11.8 Å². The Balaban J connectivity index is 1.49.